The number of imidazole rings is 1. The molecule has 0 saturated carbocycles. The van der Waals surface area contributed by atoms with Gasteiger partial charge in [0.15, 0.2) is 0 Å². The van der Waals surface area contributed by atoms with Crippen molar-refractivity contribution in [1.29, 1.82) is 0 Å². The number of aryl methyl sites for hydroxylation is 1. The quantitative estimate of drug-likeness (QED) is 0.849. The Kier molecular flexibility index (Phi) is 4.39. The van der Waals surface area contributed by atoms with Gasteiger partial charge in [0, 0.05) is 13.2 Å². The van der Waals surface area contributed by atoms with Crippen LogP contribution in [0.4, 0.5) is 0 Å². The zero-order chi connectivity index (χ0) is 14.7. The molecule has 0 aliphatic heterocycles. The van der Waals surface area contributed by atoms with Crippen LogP contribution in [-0.4, -0.2) is 32.3 Å². The first kappa shape index (κ1) is 14.5. The fourth-order valence-electron chi connectivity index (χ4n) is 2.47. The lowest BCUT2D eigenvalue weighted by atomic mass is 10.0. The molecule has 0 radical (unpaired) electrons. The molecule has 1 atom stereocenters. The second kappa shape index (κ2) is 6.05. The van der Waals surface area contributed by atoms with Gasteiger partial charge in [-0.15, -0.1) is 0 Å². The molecule has 0 aliphatic carbocycles. The van der Waals surface area contributed by atoms with Crippen molar-refractivity contribution in [3.05, 3.63) is 29.6 Å². The Morgan fingerprint density at radius 3 is 2.80 bits per heavy atom. The number of aromatic nitrogens is 2. The average molecular weight is 276 g/mol. The lowest BCUT2D eigenvalue weighted by Gasteiger charge is -2.16. The fraction of sp³-hybridized carbons (Fsp3) is 0.467. The molecular weight excluding hydrogens is 256 g/mol. The minimum atomic E-state index is -0.931. The van der Waals surface area contributed by atoms with Crippen molar-refractivity contribution in [3.8, 4) is 0 Å². The average Bonchev–Trinajstić information content (AvgIpc) is 2.73. The van der Waals surface area contributed by atoms with Gasteiger partial charge in [-0.2, -0.15) is 0 Å². The van der Waals surface area contributed by atoms with Gasteiger partial charge in [-0.3, -0.25) is 0 Å². The van der Waals surface area contributed by atoms with Gasteiger partial charge in [0.2, 0.25) is 0 Å². The number of rotatable bonds is 6. The van der Waals surface area contributed by atoms with E-state index in [1.807, 2.05) is 11.5 Å². The molecule has 1 unspecified atom stereocenters. The summed E-state index contributed by atoms with van der Waals surface area (Å²) in [5.74, 6) is 0.309. The van der Waals surface area contributed by atoms with Crippen molar-refractivity contribution in [2.24, 2.45) is 5.92 Å². The van der Waals surface area contributed by atoms with Crippen LogP contribution in [0, 0.1) is 12.8 Å². The maximum absolute atomic E-state index is 11.1. The van der Waals surface area contributed by atoms with Crippen LogP contribution < -0.4 is 0 Å². The molecule has 2 N–H and O–H groups in total. The van der Waals surface area contributed by atoms with Gasteiger partial charge in [0.25, 0.3) is 0 Å². The third-order valence-electron chi connectivity index (χ3n) is 3.74. The highest BCUT2D eigenvalue weighted by atomic mass is 16.4. The number of hydrogen-bond acceptors (Lipinski definition) is 3. The van der Waals surface area contributed by atoms with Crippen molar-refractivity contribution in [2.75, 3.05) is 6.61 Å². The number of carboxylic acid groups (broad SMARTS) is 1. The summed E-state index contributed by atoms with van der Waals surface area (Å²) in [5, 5.41) is 18.2. The van der Waals surface area contributed by atoms with Crippen LogP contribution in [0.5, 0.6) is 0 Å². The Bertz CT molecular complexity index is 619. The van der Waals surface area contributed by atoms with Gasteiger partial charge >= 0.3 is 5.97 Å². The molecule has 0 saturated heterocycles. The third kappa shape index (κ3) is 2.82. The van der Waals surface area contributed by atoms with Crippen LogP contribution in [0.25, 0.3) is 11.0 Å². The number of benzene rings is 1. The van der Waals surface area contributed by atoms with Crippen molar-refractivity contribution in [3.63, 3.8) is 0 Å². The number of aromatic carboxylic acids is 1. The van der Waals surface area contributed by atoms with Crippen molar-refractivity contribution < 1.29 is 15.0 Å². The molecule has 2 rings (SSSR count). The summed E-state index contributed by atoms with van der Waals surface area (Å²) in [6, 6.07) is 4.99. The first-order chi connectivity index (χ1) is 9.56. The molecule has 5 heteroatoms. The molecular formula is C15H20N2O3. The van der Waals surface area contributed by atoms with E-state index in [4.69, 9.17) is 10.2 Å². The number of carboxylic acids is 1. The fourth-order valence-corrected chi connectivity index (χ4v) is 2.47. The number of carbonyl (C=O) groups is 1. The number of hydrogen-bond donors (Lipinski definition) is 2. The maximum Gasteiger partial charge on any atom is 0.335 e. The SMILES string of the molecule is CCC(CCO)Cn1c(C)nc2ccc(C(=O)O)cc21. The molecule has 2 aromatic rings. The van der Waals surface area contributed by atoms with E-state index in [0.717, 1.165) is 36.2 Å². The second-order valence-electron chi connectivity index (χ2n) is 5.06. The van der Waals surface area contributed by atoms with Crippen LogP contribution in [0.3, 0.4) is 0 Å². The highest BCUT2D eigenvalue weighted by Crippen LogP contribution is 2.21. The number of aliphatic hydroxyl groups excluding tert-OH is 1. The molecule has 0 amide bonds. The highest BCUT2D eigenvalue weighted by Gasteiger charge is 2.14. The number of nitrogens with zero attached hydrogens (tertiary/aromatic N) is 2. The molecule has 1 aromatic heterocycles. The van der Waals surface area contributed by atoms with E-state index in [1.165, 1.54) is 0 Å². The first-order valence-corrected chi connectivity index (χ1v) is 6.87. The Morgan fingerprint density at radius 1 is 1.45 bits per heavy atom. The molecule has 0 bridgehead atoms. The Labute approximate surface area is 117 Å². The van der Waals surface area contributed by atoms with Crippen molar-refractivity contribution in [1.82, 2.24) is 9.55 Å². The molecule has 20 heavy (non-hydrogen) atoms. The summed E-state index contributed by atoms with van der Waals surface area (Å²) in [7, 11) is 0. The van der Waals surface area contributed by atoms with Crippen LogP contribution in [0.1, 0.15) is 35.9 Å². The van der Waals surface area contributed by atoms with E-state index in [-0.39, 0.29) is 12.2 Å². The largest absolute Gasteiger partial charge is 0.478 e. The summed E-state index contributed by atoms with van der Waals surface area (Å²) in [6.07, 6.45) is 1.71. The van der Waals surface area contributed by atoms with E-state index in [9.17, 15) is 4.79 Å². The highest BCUT2D eigenvalue weighted by molar-refractivity contribution is 5.92. The number of aliphatic hydroxyl groups is 1. The summed E-state index contributed by atoms with van der Waals surface area (Å²) in [5.41, 5.74) is 1.93. The smallest absolute Gasteiger partial charge is 0.335 e. The van der Waals surface area contributed by atoms with Gasteiger partial charge in [-0.1, -0.05) is 13.3 Å². The predicted molar refractivity (Wildman–Crippen MR) is 76.9 cm³/mol. The standard InChI is InChI=1S/C15H20N2O3/c1-3-11(6-7-18)9-17-10(2)16-13-5-4-12(15(19)20)8-14(13)17/h4-5,8,11,18H,3,6-7,9H2,1-2H3,(H,19,20). The molecule has 1 aromatic carbocycles. The van der Waals surface area contributed by atoms with E-state index in [0.29, 0.717) is 5.92 Å². The van der Waals surface area contributed by atoms with E-state index >= 15 is 0 Å². The van der Waals surface area contributed by atoms with Crippen molar-refractivity contribution >= 4 is 17.0 Å². The third-order valence-corrected chi connectivity index (χ3v) is 3.74. The molecule has 108 valence electrons. The summed E-state index contributed by atoms with van der Waals surface area (Å²) in [4.78, 5) is 15.5. The number of fused-ring (bicyclic) bond motifs is 1. The van der Waals surface area contributed by atoms with Crippen LogP contribution >= 0.6 is 0 Å². The van der Waals surface area contributed by atoms with Gasteiger partial charge in [0.05, 0.1) is 16.6 Å². The minimum absolute atomic E-state index is 0.171. The van der Waals surface area contributed by atoms with Crippen LogP contribution in [0.2, 0.25) is 0 Å². The van der Waals surface area contributed by atoms with E-state index in [1.54, 1.807) is 18.2 Å². The lowest BCUT2D eigenvalue weighted by molar-refractivity contribution is 0.0697. The van der Waals surface area contributed by atoms with Gasteiger partial charge in [-0.25, -0.2) is 9.78 Å². The summed E-state index contributed by atoms with van der Waals surface area (Å²) in [6.45, 7) is 4.94. The topological polar surface area (TPSA) is 75.3 Å². The molecule has 0 aliphatic rings. The molecule has 1 heterocycles. The predicted octanol–water partition coefficient (Wildman–Crippen LogP) is 2.45. The second-order valence-corrected chi connectivity index (χ2v) is 5.06. The maximum atomic E-state index is 11.1. The zero-order valence-corrected chi connectivity index (χ0v) is 11.8. The van der Waals surface area contributed by atoms with Crippen molar-refractivity contribution in [2.45, 2.75) is 33.2 Å². The minimum Gasteiger partial charge on any atom is -0.478 e. The summed E-state index contributed by atoms with van der Waals surface area (Å²) < 4.78 is 2.05. The zero-order valence-electron chi connectivity index (χ0n) is 11.8. The van der Waals surface area contributed by atoms with E-state index in [2.05, 4.69) is 11.9 Å². The Balaban J connectivity index is 2.42. The monoisotopic (exact) mass is 276 g/mol. The van der Waals surface area contributed by atoms with Gasteiger partial charge in [-0.05, 0) is 37.5 Å². The molecule has 0 spiro atoms. The summed E-state index contributed by atoms with van der Waals surface area (Å²) >= 11 is 0. The molecule has 5 nitrogen and oxygen atoms in total. The Morgan fingerprint density at radius 2 is 2.20 bits per heavy atom. The van der Waals surface area contributed by atoms with E-state index < -0.39 is 5.97 Å². The molecule has 0 fully saturated rings. The lowest BCUT2D eigenvalue weighted by Crippen LogP contribution is -2.13. The first-order valence-electron chi connectivity index (χ1n) is 6.87. The van der Waals surface area contributed by atoms with Gasteiger partial charge in [0.1, 0.15) is 5.82 Å². The van der Waals surface area contributed by atoms with Gasteiger partial charge < -0.3 is 14.8 Å². The Hall–Kier alpha value is -1.88. The normalized spacial score (nSPS) is 12.8. The van der Waals surface area contributed by atoms with Crippen LogP contribution in [-0.2, 0) is 6.54 Å². The van der Waals surface area contributed by atoms with Crippen LogP contribution in [0.15, 0.2) is 18.2 Å².